The number of allylic oxidation sites excluding steroid dienone is 3. The smallest absolute Gasteiger partial charge is 0.257 e. The Morgan fingerprint density at radius 3 is 2.81 bits per heavy atom. The molecular weight excluding hydrogens is 406 g/mol. The highest BCUT2D eigenvalue weighted by Gasteiger charge is 2.41. The maximum absolute atomic E-state index is 12.8. The number of carbonyl (C=O) groups is 1. The second-order valence-corrected chi connectivity index (χ2v) is 7.58. The number of ether oxygens (including phenoxy) is 2. The van der Waals surface area contributed by atoms with E-state index < -0.39 is 5.72 Å². The molecule has 8 heteroatoms. The van der Waals surface area contributed by atoms with Crippen molar-refractivity contribution in [2.75, 3.05) is 6.61 Å². The summed E-state index contributed by atoms with van der Waals surface area (Å²) in [5, 5.41) is 13.6. The molecule has 2 aromatic carbocycles. The van der Waals surface area contributed by atoms with Crippen molar-refractivity contribution >= 4 is 11.9 Å². The van der Waals surface area contributed by atoms with Crippen LogP contribution in [0.2, 0.25) is 0 Å². The summed E-state index contributed by atoms with van der Waals surface area (Å²) in [7, 11) is 0. The van der Waals surface area contributed by atoms with Gasteiger partial charge in [-0.3, -0.25) is 10.5 Å². The number of para-hydroxylation sites is 1. The second kappa shape index (κ2) is 9.57. The number of H-pyrrole nitrogens is 1. The molecule has 1 aromatic heterocycles. The Morgan fingerprint density at radius 1 is 1.22 bits per heavy atom. The first kappa shape index (κ1) is 21.5. The molecule has 164 valence electrons. The summed E-state index contributed by atoms with van der Waals surface area (Å²) in [6.07, 6.45) is 10.4. The molecule has 1 unspecified atom stereocenters. The quantitative estimate of drug-likeness (QED) is 0.318. The van der Waals surface area contributed by atoms with E-state index in [4.69, 9.17) is 15.2 Å². The van der Waals surface area contributed by atoms with Gasteiger partial charge in [0, 0.05) is 0 Å². The lowest BCUT2D eigenvalue weighted by Gasteiger charge is -2.33. The Balaban J connectivity index is 1.45. The molecule has 0 radical (unpaired) electrons. The fraction of sp³-hybridized carbons (Fsp3) is 0.250. The summed E-state index contributed by atoms with van der Waals surface area (Å²) in [5.41, 5.74) is 7.57. The average Bonchev–Trinajstić information content (AvgIpc) is 3.37. The molecule has 1 aliphatic heterocycles. The fourth-order valence-electron chi connectivity index (χ4n) is 3.35. The molecular formula is C24H25N5O3. The topological polar surface area (TPSA) is 116 Å². The third kappa shape index (κ3) is 4.76. The number of rotatable bonds is 8. The zero-order valence-electron chi connectivity index (χ0n) is 17.8. The van der Waals surface area contributed by atoms with Crippen molar-refractivity contribution in [3.8, 4) is 11.5 Å². The summed E-state index contributed by atoms with van der Waals surface area (Å²) in [6, 6.07) is 13.5. The third-order valence-corrected chi connectivity index (χ3v) is 5.14. The zero-order chi connectivity index (χ0) is 22.4. The molecule has 0 saturated carbocycles. The zero-order valence-corrected chi connectivity index (χ0v) is 17.8. The van der Waals surface area contributed by atoms with Crippen LogP contribution in [0.1, 0.15) is 47.1 Å². The standard InChI is InChI=1S/C24H25N5O3/c1-2-3-7-17-12-14-18(15-13-17)8-4-5-10-20(30)19-9-6-11-21-22(19)32-24(25,16-31-21)23-26-28-29-27-23/h4-6,8-15H,2-3,7,16,25H2,1H3,(H,26,27,28,29)/b8-4+,10-5+. The van der Waals surface area contributed by atoms with Gasteiger partial charge >= 0.3 is 0 Å². The fourth-order valence-corrected chi connectivity index (χ4v) is 3.35. The van der Waals surface area contributed by atoms with Crippen LogP contribution in [-0.4, -0.2) is 33.0 Å². The van der Waals surface area contributed by atoms with Crippen molar-refractivity contribution in [3.63, 3.8) is 0 Å². The lowest BCUT2D eigenvalue weighted by molar-refractivity contribution is -0.0154. The average molecular weight is 431 g/mol. The Labute approximate surface area is 186 Å². The molecule has 2 heterocycles. The first-order valence-corrected chi connectivity index (χ1v) is 10.5. The largest absolute Gasteiger partial charge is 0.483 e. The van der Waals surface area contributed by atoms with Crippen molar-refractivity contribution in [1.82, 2.24) is 20.6 Å². The highest BCUT2D eigenvalue weighted by Crippen LogP contribution is 2.39. The van der Waals surface area contributed by atoms with Gasteiger partial charge in [-0.15, -0.1) is 10.2 Å². The number of carbonyl (C=O) groups excluding carboxylic acids is 1. The van der Waals surface area contributed by atoms with Crippen LogP contribution in [0.15, 0.2) is 60.7 Å². The van der Waals surface area contributed by atoms with Crippen molar-refractivity contribution in [2.45, 2.75) is 31.9 Å². The van der Waals surface area contributed by atoms with Crippen LogP contribution >= 0.6 is 0 Å². The molecule has 0 aliphatic carbocycles. The van der Waals surface area contributed by atoms with Gasteiger partial charge in [0.05, 0.1) is 5.56 Å². The van der Waals surface area contributed by atoms with Gasteiger partial charge in [0.1, 0.15) is 6.61 Å². The molecule has 3 aromatic rings. The molecule has 0 spiro atoms. The van der Waals surface area contributed by atoms with Gasteiger partial charge in [-0.05, 0) is 47.4 Å². The van der Waals surface area contributed by atoms with Crippen LogP contribution in [0.5, 0.6) is 11.5 Å². The number of ketones is 1. The first-order valence-electron chi connectivity index (χ1n) is 10.5. The molecule has 1 aliphatic rings. The van der Waals surface area contributed by atoms with E-state index in [2.05, 4.69) is 51.8 Å². The minimum atomic E-state index is -1.44. The van der Waals surface area contributed by atoms with Crippen LogP contribution in [0.4, 0.5) is 0 Å². The van der Waals surface area contributed by atoms with Crippen molar-refractivity contribution in [3.05, 3.63) is 83.2 Å². The first-order chi connectivity index (χ1) is 15.6. The van der Waals surface area contributed by atoms with Crippen LogP contribution in [0.25, 0.3) is 6.08 Å². The van der Waals surface area contributed by atoms with E-state index in [-0.39, 0.29) is 24.0 Å². The summed E-state index contributed by atoms with van der Waals surface area (Å²) in [4.78, 5) is 12.8. The Bertz CT molecular complexity index is 1120. The van der Waals surface area contributed by atoms with Crippen molar-refractivity contribution < 1.29 is 14.3 Å². The number of nitrogens with two attached hydrogens (primary N) is 1. The number of hydrogen-bond donors (Lipinski definition) is 2. The van der Waals surface area contributed by atoms with E-state index in [9.17, 15) is 4.79 Å². The van der Waals surface area contributed by atoms with E-state index in [0.29, 0.717) is 11.3 Å². The van der Waals surface area contributed by atoms with Gasteiger partial charge in [-0.25, -0.2) is 0 Å². The Hall–Kier alpha value is -3.78. The maximum Gasteiger partial charge on any atom is 0.257 e. The predicted octanol–water partition coefficient (Wildman–Crippen LogP) is 3.58. The third-order valence-electron chi connectivity index (χ3n) is 5.14. The predicted molar refractivity (Wildman–Crippen MR) is 120 cm³/mol. The molecule has 4 rings (SSSR count). The van der Waals surface area contributed by atoms with Crippen LogP contribution < -0.4 is 15.2 Å². The number of tetrazole rings is 1. The van der Waals surface area contributed by atoms with E-state index >= 15 is 0 Å². The minimum Gasteiger partial charge on any atom is -0.483 e. The Morgan fingerprint density at radius 2 is 2.06 bits per heavy atom. The Kier molecular flexibility index (Phi) is 6.42. The minimum absolute atomic E-state index is 0.00696. The van der Waals surface area contributed by atoms with E-state index in [0.717, 1.165) is 12.0 Å². The SMILES string of the molecule is CCCCc1ccc(/C=C/C=C/C(=O)c2cccc3c2OC(N)(c2nn[nH]n2)CO3)cc1. The van der Waals surface area contributed by atoms with E-state index in [1.807, 2.05) is 12.2 Å². The number of fused-ring (bicyclic) bond motifs is 1. The highest BCUT2D eigenvalue weighted by molar-refractivity contribution is 6.07. The van der Waals surface area contributed by atoms with Crippen LogP contribution in [-0.2, 0) is 12.1 Å². The number of aromatic nitrogens is 4. The molecule has 1 atom stereocenters. The molecule has 8 nitrogen and oxygen atoms in total. The molecule has 3 N–H and O–H groups in total. The number of hydrogen-bond acceptors (Lipinski definition) is 7. The maximum atomic E-state index is 12.8. The van der Waals surface area contributed by atoms with Gasteiger partial charge < -0.3 is 9.47 Å². The molecule has 0 saturated heterocycles. The molecule has 32 heavy (non-hydrogen) atoms. The highest BCUT2D eigenvalue weighted by atomic mass is 16.6. The molecule has 0 fully saturated rings. The number of aromatic amines is 1. The summed E-state index contributed by atoms with van der Waals surface area (Å²) < 4.78 is 11.6. The number of unbranched alkanes of at least 4 members (excludes halogenated alkanes) is 1. The van der Waals surface area contributed by atoms with E-state index in [1.54, 1.807) is 24.3 Å². The van der Waals surface area contributed by atoms with Gasteiger partial charge in [0.15, 0.2) is 17.3 Å². The summed E-state index contributed by atoms with van der Waals surface area (Å²) in [6.45, 7) is 2.18. The number of nitrogens with one attached hydrogen (secondary N) is 1. The number of benzene rings is 2. The molecule has 0 amide bonds. The second-order valence-electron chi connectivity index (χ2n) is 7.58. The van der Waals surface area contributed by atoms with Gasteiger partial charge in [0.2, 0.25) is 5.82 Å². The van der Waals surface area contributed by atoms with Gasteiger partial charge in [-0.1, -0.05) is 61.9 Å². The van der Waals surface area contributed by atoms with Crippen LogP contribution in [0, 0.1) is 0 Å². The lowest BCUT2D eigenvalue weighted by atomic mass is 10.1. The summed E-state index contributed by atoms with van der Waals surface area (Å²) in [5.74, 6) is 0.604. The number of aryl methyl sites for hydroxylation is 1. The van der Waals surface area contributed by atoms with Crippen molar-refractivity contribution in [2.24, 2.45) is 5.73 Å². The van der Waals surface area contributed by atoms with Gasteiger partial charge in [-0.2, -0.15) is 5.21 Å². The number of nitrogens with zero attached hydrogens (tertiary/aromatic N) is 3. The van der Waals surface area contributed by atoms with Crippen molar-refractivity contribution in [1.29, 1.82) is 0 Å². The van der Waals surface area contributed by atoms with E-state index in [1.165, 1.54) is 24.5 Å². The van der Waals surface area contributed by atoms with Gasteiger partial charge in [0.25, 0.3) is 5.72 Å². The molecule has 0 bridgehead atoms. The summed E-state index contributed by atoms with van der Waals surface area (Å²) >= 11 is 0. The lowest BCUT2D eigenvalue weighted by Crippen LogP contribution is -2.51. The van der Waals surface area contributed by atoms with Crippen LogP contribution in [0.3, 0.4) is 0 Å². The normalized spacial score (nSPS) is 17.8. The monoisotopic (exact) mass is 431 g/mol.